The molecule has 1 saturated carbocycles. The number of hydrogen-bond donors (Lipinski definition) is 3. The molecule has 2 heterocycles. The van der Waals surface area contributed by atoms with E-state index >= 15 is 0 Å². The molecule has 2 aromatic carbocycles. The van der Waals surface area contributed by atoms with Crippen LogP contribution in [0.1, 0.15) is 87.1 Å². The predicted molar refractivity (Wildman–Crippen MR) is 186 cm³/mol. The molecule has 1 spiro atoms. The van der Waals surface area contributed by atoms with Gasteiger partial charge in [-0.2, -0.15) is 0 Å². The third kappa shape index (κ3) is 6.46. The number of aliphatic carboxylic acids is 1. The summed E-state index contributed by atoms with van der Waals surface area (Å²) in [6.07, 6.45) is 9.98. The van der Waals surface area contributed by atoms with Crippen molar-refractivity contribution in [2.24, 2.45) is 17.8 Å². The topological polar surface area (TPSA) is 92.7 Å². The fourth-order valence-corrected chi connectivity index (χ4v) is 9.04. The van der Waals surface area contributed by atoms with E-state index in [4.69, 9.17) is 21.1 Å². The van der Waals surface area contributed by atoms with Crippen LogP contribution in [0.5, 0.6) is 11.5 Å². The highest BCUT2D eigenvalue weighted by Gasteiger charge is 2.54. The van der Waals surface area contributed by atoms with Crippen LogP contribution in [0, 0.1) is 17.8 Å². The quantitative estimate of drug-likeness (QED) is 0.194. The molecular formula is C39H48ClN3O4. The van der Waals surface area contributed by atoms with Crippen molar-refractivity contribution in [2.75, 3.05) is 31.6 Å². The summed E-state index contributed by atoms with van der Waals surface area (Å²) in [5.74, 6) is 2.89. The Balaban J connectivity index is 1.12. The highest BCUT2D eigenvalue weighted by molar-refractivity contribution is 6.30. The minimum Gasteiger partial charge on any atom is -0.493 e. The van der Waals surface area contributed by atoms with Crippen molar-refractivity contribution in [3.05, 3.63) is 82.1 Å². The van der Waals surface area contributed by atoms with Crippen molar-refractivity contribution in [1.82, 2.24) is 10.3 Å². The molecule has 0 radical (unpaired) electrons. The van der Waals surface area contributed by atoms with E-state index < -0.39 is 11.5 Å². The molecule has 47 heavy (non-hydrogen) atoms. The zero-order valence-corrected chi connectivity index (χ0v) is 28.5. The van der Waals surface area contributed by atoms with E-state index in [2.05, 4.69) is 47.7 Å². The molecule has 1 aromatic heterocycles. The van der Waals surface area contributed by atoms with E-state index in [1.165, 1.54) is 35.2 Å². The number of carbonyl (C=O) groups is 1. The highest BCUT2D eigenvalue weighted by atomic mass is 35.5. The van der Waals surface area contributed by atoms with Gasteiger partial charge in [0, 0.05) is 47.2 Å². The number of halogens is 1. The first kappa shape index (κ1) is 32.3. The largest absolute Gasteiger partial charge is 0.493 e. The lowest BCUT2D eigenvalue weighted by molar-refractivity contribution is -0.144. The number of nitrogens with zero attached hydrogens (tertiary/aromatic N) is 1. The van der Waals surface area contributed by atoms with Gasteiger partial charge in [0.05, 0.1) is 13.2 Å². The van der Waals surface area contributed by atoms with E-state index in [0.29, 0.717) is 48.1 Å². The Bertz CT molecular complexity index is 1600. The average Bonchev–Trinajstić information content (AvgIpc) is 3.32. The van der Waals surface area contributed by atoms with Crippen molar-refractivity contribution in [1.29, 1.82) is 0 Å². The molecule has 2 fully saturated rings. The molecule has 1 unspecified atom stereocenters. The molecule has 3 aliphatic carbocycles. The number of rotatable bonds is 11. The smallest absolute Gasteiger partial charge is 0.329 e. The maximum Gasteiger partial charge on any atom is 0.329 e. The van der Waals surface area contributed by atoms with Crippen LogP contribution in [-0.2, 0) is 23.1 Å². The van der Waals surface area contributed by atoms with Gasteiger partial charge in [-0.15, -0.1) is 0 Å². The van der Waals surface area contributed by atoms with Gasteiger partial charge in [-0.1, -0.05) is 37.6 Å². The molecule has 1 aliphatic heterocycles. The Morgan fingerprint density at radius 3 is 2.70 bits per heavy atom. The fourth-order valence-electron chi connectivity index (χ4n) is 8.85. The molecule has 3 atom stereocenters. The Kier molecular flexibility index (Phi) is 9.14. The molecule has 7 rings (SSSR count). The minimum absolute atomic E-state index is 0.111. The lowest BCUT2D eigenvalue weighted by Gasteiger charge is -2.47. The number of benzene rings is 2. The normalized spacial score (nSPS) is 27.4. The molecule has 3 aromatic rings. The zero-order chi connectivity index (χ0) is 32.6. The third-order valence-electron chi connectivity index (χ3n) is 11.6. The first-order chi connectivity index (χ1) is 22.7. The van der Waals surface area contributed by atoms with Gasteiger partial charge in [0.1, 0.15) is 17.0 Å². The van der Waals surface area contributed by atoms with Gasteiger partial charge < -0.3 is 25.2 Å². The summed E-state index contributed by atoms with van der Waals surface area (Å²) in [5, 5.41) is 17.9. The number of pyridine rings is 1. The van der Waals surface area contributed by atoms with Crippen molar-refractivity contribution < 1.29 is 19.4 Å². The summed E-state index contributed by atoms with van der Waals surface area (Å²) < 4.78 is 12.9. The van der Waals surface area contributed by atoms with Crippen LogP contribution in [0.2, 0.25) is 5.02 Å². The van der Waals surface area contributed by atoms with Gasteiger partial charge in [-0.3, -0.25) is 4.98 Å². The van der Waals surface area contributed by atoms with Crippen LogP contribution < -0.4 is 20.1 Å². The third-order valence-corrected chi connectivity index (χ3v) is 11.9. The highest BCUT2D eigenvalue weighted by Crippen LogP contribution is 2.57. The van der Waals surface area contributed by atoms with E-state index in [0.717, 1.165) is 69.0 Å². The lowest BCUT2D eigenvalue weighted by Crippen LogP contribution is -2.53. The first-order valence-electron chi connectivity index (χ1n) is 17.6. The molecule has 3 N–H and O–H groups in total. The Labute approximate surface area is 283 Å². The molecule has 0 amide bonds. The lowest BCUT2D eigenvalue weighted by atomic mass is 9.59. The van der Waals surface area contributed by atoms with Crippen LogP contribution in [0.25, 0.3) is 0 Å². The number of ether oxygens (including phenoxy) is 2. The number of aryl methyl sites for hydroxylation is 1. The summed E-state index contributed by atoms with van der Waals surface area (Å²) in [6, 6.07) is 16.1. The summed E-state index contributed by atoms with van der Waals surface area (Å²) >= 11 is 6.27. The van der Waals surface area contributed by atoms with Crippen molar-refractivity contribution in [3.63, 3.8) is 0 Å². The molecule has 1 saturated heterocycles. The van der Waals surface area contributed by atoms with Gasteiger partial charge in [0.25, 0.3) is 0 Å². The Morgan fingerprint density at radius 1 is 1.13 bits per heavy atom. The standard InChI is InChI=1S/C39H48ClN3O4/c1-25(23-47-35-11-16-42-34-8-3-5-26(2)36(34)35)17-29-18-28-9-10-32(46-24-27-21-41-22-27)20-33(28)38(29)12-14-39(15-13-38,37(44)45)43-31-7-4-6-30(40)19-31/h4,6-7,9-11,16,19-20,25-27,29,41,43H,3,5,8,12-15,17-18,21-24H2,1-2H3,(H,44,45)/t25-,26-,29?,38?,39?/m1/s1. The van der Waals surface area contributed by atoms with E-state index in [1.54, 1.807) is 0 Å². The van der Waals surface area contributed by atoms with Crippen LogP contribution in [-0.4, -0.2) is 47.9 Å². The summed E-state index contributed by atoms with van der Waals surface area (Å²) in [6.45, 7) is 7.99. The summed E-state index contributed by atoms with van der Waals surface area (Å²) in [7, 11) is 0. The average molecular weight is 658 g/mol. The molecule has 7 nitrogen and oxygen atoms in total. The van der Waals surface area contributed by atoms with Gasteiger partial charge in [0.2, 0.25) is 0 Å². The molecular weight excluding hydrogens is 610 g/mol. The monoisotopic (exact) mass is 657 g/mol. The van der Waals surface area contributed by atoms with Crippen molar-refractivity contribution in [2.45, 2.75) is 88.5 Å². The zero-order valence-electron chi connectivity index (χ0n) is 27.7. The first-order valence-corrected chi connectivity index (χ1v) is 18.0. The summed E-state index contributed by atoms with van der Waals surface area (Å²) in [5.41, 5.74) is 4.83. The number of aromatic nitrogens is 1. The van der Waals surface area contributed by atoms with Crippen molar-refractivity contribution in [3.8, 4) is 11.5 Å². The molecule has 8 heteroatoms. The number of nitrogens with one attached hydrogen (secondary N) is 2. The van der Waals surface area contributed by atoms with Crippen molar-refractivity contribution >= 4 is 23.3 Å². The second kappa shape index (κ2) is 13.3. The maximum absolute atomic E-state index is 12.9. The Morgan fingerprint density at radius 2 is 1.96 bits per heavy atom. The predicted octanol–water partition coefficient (Wildman–Crippen LogP) is 7.80. The van der Waals surface area contributed by atoms with Crippen LogP contribution in [0.4, 0.5) is 5.69 Å². The maximum atomic E-state index is 12.9. The SMILES string of the molecule is C[C@@H](COc1ccnc2c1[C@H](C)CCC2)CC1Cc2ccc(OCC3CNC3)cc2C12CCC(Nc1cccc(Cl)c1)(C(=O)O)CC2. The molecule has 4 aliphatic rings. The number of carboxylic acids is 1. The van der Waals surface area contributed by atoms with Gasteiger partial charge in [0.15, 0.2) is 0 Å². The fraction of sp³-hybridized carbons (Fsp3) is 0.538. The van der Waals surface area contributed by atoms with Gasteiger partial charge >= 0.3 is 5.97 Å². The van der Waals surface area contributed by atoms with E-state index in [9.17, 15) is 9.90 Å². The van der Waals surface area contributed by atoms with E-state index in [1.807, 2.05) is 36.5 Å². The number of hydrogen-bond acceptors (Lipinski definition) is 6. The molecule has 250 valence electrons. The second-order valence-electron chi connectivity index (χ2n) is 14.8. The number of anilines is 1. The minimum atomic E-state index is -1.04. The van der Waals surface area contributed by atoms with Crippen LogP contribution in [0.3, 0.4) is 0 Å². The molecule has 0 bridgehead atoms. The second-order valence-corrected chi connectivity index (χ2v) is 15.3. The number of fused-ring (bicyclic) bond motifs is 3. The van der Waals surface area contributed by atoms with Crippen LogP contribution in [0.15, 0.2) is 54.7 Å². The van der Waals surface area contributed by atoms with Gasteiger partial charge in [-0.25, -0.2) is 4.79 Å². The van der Waals surface area contributed by atoms with E-state index in [-0.39, 0.29) is 5.41 Å². The number of carboxylic acid groups (broad SMARTS) is 1. The van der Waals surface area contributed by atoms with Crippen LogP contribution >= 0.6 is 11.6 Å². The van der Waals surface area contributed by atoms with Gasteiger partial charge in [-0.05, 0) is 128 Å². The summed E-state index contributed by atoms with van der Waals surface area (Å²) in [4.78, 5) is 17.6. The Hall–Kier alpha value is -3.29.